The van der Waals surface area contributed by atoms with Gasteiger partial charge in [-0.3, -0.25) is 4.98 Å². The molecule has 144 valence electrons. The van der Waals surface area contributed by atoms with Crippen molar-refractivity contribution in [3.8, 4) is 0 Å². The van der Waals surface area contributed by atoms with E-state index in [0.29, 0.717) is 0 Å². The lowest BCUT2D eigenvalue weighted by Crippen LogP contribution is -2.18. The van der Waals surface area contributed by atoms with Gasteiger partial charge in [-0.1, -0.05) is 89.0 Å². The number of unbranched alkanes of at least 4 members (excludes halogenated alkanes) is 9. The molecule has 0 radical (unpaired) electrons. The normalized spacial score (nSPS) is 10.1. The number of nitrogens with zero attached hydrogens (tertiary/aromatic N) is 2. The maximum Gasteiger partial charge on any atom is 0.0363 e. The molecule has 0 aliphatic rings. The number of rotatable bonds is 12. The summed E-state index contributed by atoms with van der Waals surface area (Å²) in [6.07, 6.45) is 17.6. The van der Waals surface area contributed by atoms with Gasteiger partial charge in [-0.05, 0) is 30.7 Å². The van der Waals surface area contributed by atoms with Crippen LogP contribution in [0.15, 0.2) is 60.9 Å². The van der Waals surface area contributed by atoms with Crippen LogP contribution in [-0.2, 0) is 0 Å². The van der Waals surface area contributed by atoms with E-state index in [1.165, 1.54) is 76.4 Å². The van der Waals surface area contributed by atoms with E-state index < -0.39 is 0 Å². The van der Waals surface area contributed by atoms with Gasteiger partial charge in [0.05, 0.1) is 0 Å². The highest BCUT2D eigenvalue weighted by molar-refractivity contribution is 5.44. The summed E-state index contributed by atoms with van der Waals surface area (Å²) in [5.41, 5.74) is 1.34. The quantitative estimate of drug-likeness (QED) is 0.377. The second kappa shape index (κ2) is 16.6. The number of benzene rings is 1. The van der Waals surface area contributed by atoms with E-state index in [1.54, 1.807) is 12.4 Å². The van der Waals surface area contributed by atoms with Gasteiger partial charge in [-0.25, -0.2) is 0 Å². The summed E-state index contributed by atoms with van der Waals surface area (Å²) in [6, 6.07) is 16.4. The van der Waals surface area contributed by atoms with Crippen molar-refractivity contribution in [2.24, 2.45) is 0 Å². The largest absolute Gasteiger partial charge is 0.375 e. The number of anilines is 1. The van der Waals surface area contributed by atoms with Crippen LogP contribution in [0, 0.1) is 0 Å². The van der Waals surface area contributed by atoms with E-state index in [4.69, 9.17) is 0 Å². The molecule has 0 unspecified atom stereocenters. The van der Waals surface area contributed by atoms with Crippen molar-refractivity contribution in [2.45, 2.75) is 71.1 Å². The Hall–Kier alpha value is -1.83. The summed E-state index contributed by atoms with van der Waals surface area (Å²) < 4.78 is 0. The summed E-state index contributed by atoms with van der Waals surface area (Å²) in [5, 5.41) is 0. The Balaban J connectivity index is 0.000000472. The highest BCUT2D eigenvalue weighted by Crippen LogP contribution is 2.13. The van der Waals surface area contributed by atoms with E-state index in [-0.39, 0.29) is 0 Å². The average Bonchev–Trinajstić information content (AvgIpc) is 2.71. The minimum atomic E-state index is 1.18. The summed E-state index contributed by atoms with van der Waals surface area (Å²) in [5.74, 6) is 0. The van der Waals surface area contributed by atoms with Crippen molar-refractivity contribution in [1.29, 1.82) is 0 Å². The molecule has 2 nitrogen and oxygen atoms in total. The zero-order chi connectivity index (χ0) is 18.7. The Bertz CT molecular complexity index is 471. The molecule has 26 heavy (non-hydrogen) atoms. The first-order valence-corrected chi connectivity index (χ1v) is 10.5. The van der Waals surface area contributed by atoms with Gasteiger partial charge in [0.2, 0.25) is 0 Å². The fourth-order valence-corrected chi connectivity index (χ4v) is 2.96. The van der Waals surface area contributed by atoms with Crippen LogP contribution in [0.1, 0.15) is 71.1 Å². The van der Waals surface area contributed by atoms with Crippen molar-refractivity contribution < 1.29 is 0 Å². The molecule has 0 saturated heterocycles. The minimum Gasteiger partial charge on any atom is -0.375 e. The molecule has 0 aliphatic carbocycles. The molecule has 2 rings (SSSR count). The van der Waals surface area contributed by atoms with Crippen LogP contribution in [-0.4, -0.2) is 18.6 Å². The van der Waals surface area contributed by atoms with Crippen molar-refractivity contribution in [1.82, 2.24) is 4.98 Å². The average molecular weight is 355 g/mol. The van der Waals surface area contributed by atoms with Crippen LogP contribution >= 0.6 is 0 Å². The van der Waals surface area contributed by atoms with Crippen LogP contribution in [0.3, 0.4) is 0 Å². The number of para-hydroxylation sites is 1. The molecule has 0 spiro atoms. The summed E-state index contributed by atoms with van der Waals surface area (Å²) in [4.78, 5) is 6.15. The number of pyridine rings is 1. The highest BCUT2D eigenvalue weighted by Gasteiger charge is 1.99. The molecule has 1 aromatic heterocycles. The first-order valence-electron chi connectivity index (χ1n) is 10.5. The smallest absolute Gasteiger partial charge is 0.0363 e. The zero-order valence-electron chi connectivity index (χ0n) is 16.9. The molecular formula is C24H38N2. The van der Waals surface area contributed by atoms with E-state index in [0.717, 1.165) is 0 Å². The Morgan fingerprint density at radius 3 is 1.62 bits per heavy atom. The van der Waals surface area contributed by atoms with Gasteiger partial charge in [0, 0.05) is 31.7 Å². The van der Waals surface area contributed by atoms with E-state index in [1.807, 2.05) is 18.2 Å². The molecule has 2 aromatic rings. The molecule has 0 aliphatic heterocycles. The van der Waals surface area contributed by atoms with Gasteiger partial charge in [0.1, 0.15) is 0 Å². The molecule has 0 fully saturated rings. The number of aromatic nitrogens is 1. The lowest BCUT2D eigenvalue weighted by Gasteiger charge is -2.18. The third-order valence-corrected chi connectivity index (χ3v) is 4.61. The van der Waals surface area contributed by atoms with Gasteiger partial charge in [-0.15, -0.1) is 0 Å². The first-order chi connectivity index (χ1) is 12.8. The molecule has 1 heterocycles. The van der Waals surface area contributed by atoms with Crippen molar-refractivity contribution in [3.05, 3.63) is 60.9 Å². The first kappa shape index (κ1) is 22.2. The van der Waals surface area contributed by atoms with Crippen LogP contribution in [0.5, 0.6) is 0 Å². The summed E-state index contributed by atoms with van der Waals surface area (Å²) in [7, 11) is 2.20. The van der Waals surface area contributed by atoms with E-state index >= 15 is 0 Å². The second-order valence-electron chi connectivity index (χ2n) is 6.96. The van der Waals surface area contributed by atoms with E-state index in [9.17, 15) is 0 Å². The van der Waals surface area contributed by atoms with Crippen molar-refractivity contribution in [2.75, 3.05) is 18.5 Å². The minimum absolute atomic E-state index is 1.18. The molecule has 0 atom stereocenters. The molecule has 2 heteroatoms. The van der Waals surface area contributed by atoms with Crippen LogP contribution in [0.2, 0.25) is 0 Å². The molecule has 1 aromatic carbocycles. The summed E-state index contributed by atoms with van der Waals surface area (Å²) >= 11 is 0. The Labute approximate surface area is 161 Å². The maximum absolute atomic E-state index is 3.78. The highest BCUT2D eigenvalue weighted by atomic mass is 15.1. The predicted molar refractivity (Wildman–Crippen MR) is 116 cm³/mol. The Morgan fingerprint density at radius 1 is 0.654 bits per heavy atom. The SMILES string of the molecule is CCCCCCCCCCCCN(C)c1ccccc1.c1ccncc1. The number of hydrogen-bond acceptors (Lipinski definition) is 2. The predicted octanol–water partition coefficient (Wildman–Crippen LogP) is 7.13. The molecule has 0 bridgehead atoms. The molecule has 0 N–H and O–H groups in total. The number of hydrogen-bond donors (Lipinski definition) is 0. The standard InChI is InChI=1S/C19H33N.C5H5N/c1-3-4-5-6-7-8-9-10-11-15-18-20(2)19-16-13-12-14-17-19;1-2-4-6-5-3-1/h12-14,16-17H,3-11,15,18H2,1-2H3;1-5H. The topological polar surface area (TPSA) is 16.1 Å². The van der Waals surface area contributed by atoms with Crippen molar-refractivity contribution >= 4 is 5.69 Å². The van der Waals surface area contributed by atoms with Crippen molar-refractivity contribution in [3.63, 3.8) is 0 Å². The maximum atomic E-state index is 3.78. The van der Waals surface area contributed by atoms with Gasteiger partial charge in [0.25, 0.3) is 0 Å². The fourth-order valence-electron chi connectivity index (χ4n) is 2.96. The van der Waals surface area contributed by atoms with Gasteiger partial charge in [-0.2, -0.15) is 0 Å². The third-order valence-electron chi connectivity index (χ3n) is 4.61. The second-order valence-corrected chi connectivity index (χ2v) is 6.96. The van der Waals surface area contributed by atoms with Gasteiger partial charge < -0.3 is 4.90 Å². The van der Waals surface area contributed by atoms with Crippen LogP contribution < -0.4 is 4.90 Å². The van der Waals surface area contributed by atoms with Gasteiger partial charge in [0.15, 0.2) is 0 Å². The Morgan fingerprint density at radius 2 is 1.15 bits per heavy atom. The van der Waals surface area contributed by atoms with Crippen LogP contribution in [0.4, 0.5) is 5.69 Å². The Kier molecular flexibility index (Phi) is 14.2. The lowest BCUT2D eigenvalue weighted by atomic mass is 10.1. The van der Waals surface area contributed by atoms with Crippen LogP contribution in [0.25, 0.3) is 0 Å². The third kappa shape index (κ3) is 12.5. The fraction of sp³-hybridized carbons (Fsp3) is 0.542. The lowest BCUT2D eigenvalue weighted by molar-refractivity contribution is 0.556. The van der Waals surface area contributed by atoms with Gasteiger partial charge >= 0.3 is 0 Å². The summed E-state index contributed by atoms with van der Waals surface area (Å²) in [6.45, 7) is 3.47. The molecular weight excluding hydrogens is 316 g/mol. The zero-order valence-corrected chi connectivity index (χ0v) is 16.9. The molecule has 0 amide bonds. The monoisotopic (exact) mass is 354 g/mol. The van der Waals surface area contributed by atoms with E-state index in [2.05, 4.69) is 54.2 Å². The molecule has 0 saturated carbocycles.